The Morgan fingerprint density at radius 1 is 1.07 bits per heavy atom. The molecule has 0 atom stereocenters. The third kappa shape index (κ3) is 4.08. The molecule has 0 bridgehead atoms. The molecule has 7 heteroatoms. The van der Waals surface area contributed by atoms with Gasteiger partial charge in [-0.1, -0.05) is 24.3 Å². The van der Waals surface area contributed by atoms with E-state index in [1.807, 2.05) is 32.0 Å². The molecule has 3 rings (SSSR count). The third-order valence-corrected chi connectivity index (χ3v) is 4.86. The summed E-state index contributed by atoms with van der Waals surface area (Å²) in [5, 5.41) is 15.1. The molecule has 1 aromatic heterocycles. The molecule has 2 aromatic carbocycles. The van der Waals surface area contributed by atoms with Crippen LogP contribution in [0.4, 0.5) is 5.69 Å². The van der Waals surface area contributed by atoms with E-state index >= 15 is 0 Å². The summed E-state index contributed by atoms with van der Waals surface area (Å²) in [5.41, 5.74) is 8.21. The highest BCUT2D eigenvalue weighted by atomic mass is 16.6. The second-order valence-corrected chi connectivity index (χ2v) is 6.91. The van der Waals surface area contributed by atoms with Crippen molar-refractivity contribution in [2.45, 2.75) is 27.7 Å². The highest BCUT2D eigenvalue weighted by Crippen LogP contribution is 2.22. The molecule has 0 fully saturated rings. The lowest BCUT2D eigenvalue weighted by atomic mass is 10.1. The normalized spacial score (nSPS) is 11.0. The van der Waals surface area contributed by atoms with Crippen molar-refractivity contribution in [3.05, 3.63) is 92.3 Å². The fraction of sp³-hybridized carbons (Fsp3) is 0.182. The van der Waals surface area contributed by atoms with Crippen LogP contribution in [0.5, 0.6) is 0 Å². The van der Waals surface area contributed by atoms with Gasteiger partial charge in [0.05, 0.1) is 11.1 Å². The predicted octanol–water partition coefficient (Wildman–Crippen LogP) is 4.38. The summed E-state index contributed by atoms with van der Waals surface area (Å²) in [6, 6.07) is 14.4. The third-order valence-electron chi connectivity index (χ3n) is 4.86. The zero-order valence-corrected chi connectivity index (χ0v) is 16.8. The number of nitrogens with zero attached hydrogens (tertiary/aromatic N) is 3. The molecule has 0 saturated heterocycles. The number of carbonyl (C=O) groups is 1. The van der Waals surface area contributed by atoms with E-state index in [-0.39, 0.29) is 11.3 Å². The summed E-state index contributed by atoms with van der Waals surface area (Å²) in [4.78, 5) is 22.8. The summed E-state index contributed by atoms with van der Waals surface area (Å²) >= 11 is 0. The maximum Gasteiger partial charge on any atom is 0.273 e. The Morgan fingerprint density at radius 3 is 2.48 bits per heavy atom. The molecule has 29 heavy (non-hydrogen) atoms. The van der Waals surface area contributed by atoms with E-state index in [1.165, 1.54) is 12.1 Å². The van der Waals surface area contributed by atoms with Crippen LogP contribution < -0.4 is 5.43 Å². The van der Waals surface area contributed by atoms with E-state index in [0.29, 0.717) is 5.56 Å². The van der Waals surface area contributed by atoms with Crippen LogP contribution in [0.3, 0.4) is 0 Å². The van der Waals surface area contributed by atoms with Crippen molar-refractivity contribution < 1.29 is 9.72 Å². The van der Waals surface area contributed by atoms with Crippen LogP contribution in [-0.4, -0.2) is 21.6 Å². The number of aromatic nitrogens is 1. The summed E-state index contributed by atoms with van der Waals surface area (Å²) in [6.07, 6.45) is 1.58. The molecule has 1 amide bonds. The number of aryl methyl sites for hydroxylation is 3. The lowest BCUT2D eigenvalue weighted by molar-refractivity contribution is -0.385. The molecule has 3 aromatic rings. The Labute approximate surface area is 168 Å². The zero-order valence-electron chi connectivity index (χ0n) is 16.8. The first-order valence-electron chi connectivity index (χ1n) is 9.13. The molecular weight excluding hydrogens is 368 g/mol. The van der Waals surface area contributed by atoms with Crippen molar-refractivity contribution in [3.8, 4) is 5.69 Å². The van der Waals surface area contributed by atoms with E-state index in [1.54, 1.807) is 19.2 Å². The lowest BCUT2D eigenvalue weighted by Crippen LogP contribution is -2.18. The van der Waals surface area contributed by atoms with Crippen LogP contribution in [0, 0.1) is 37.8 Å². The summed E-state index contributed by atoms with van der Waals surface area (Å²) < 4.78 is 2.14. The molecular formula is C22H22N4O3. The zero-order chi connectivity index (χ0) is 21.1. The first-order valence-corrected chi connectivity index (χ1v) is 9.13. The first kappa shape index (κ1) is 20.0. The van der Waals surface area contributed by atoms with Gasteiger partial charge in [-0.3, -0.25) is 14.9 Å². The lowest BCUT2D eigenvalue weighted by Gasteiger charge is -2.12. The number of hydrazone groups is 1. The number of hydrogen-bond acceptors (Lipinski definition) is 4. The average Bonchev–Trinajstić information content (AvgIpc) is 2.96. The average molecular weight is 390 g/mol. The van der Waals surface area contributed by atoms with Gasteiger partial charge < -0.3 is 4.57 Å². The first-order chi connectivity index (χ1) is 13.8. The Hall–Kier alpha value is -3.74. The standard InChI is InChI=1S/C22H22N4O3/c1-14-7-5-6-8-20(14)25-16(3)11-19(17(25)4)13-23-24-22(27)18-10-9-15(2)21(12-18)26(28)29/h5-13H,1-4H3,(H,24,27)/b23-13-. The molecule has 7 nitrogen and oxygen atoms in total. The largest absolute Gasteiger partial charge is 0.318 e. The van der Waals surface area contributed by atoms with Crippen LogP contribution in [0.1, 0.15) is 38.4 Å². The molecule has 1 heterocycles. The summed E-state index contributed by atoms with van der Waals surface area (Å²) in [5.74, 6) is -0.503. The Kier molecular flexibility index (Phi) is 5.59. The second kappa shape index (κ2) is 8.10. The Balaban J connectivity index is 1.80. The van der Waals surface area contributed by atoms with E-state index < -0.39 is 10.8 Å². The number of para-hydroxylation sites is 1. The molecule has 0 aliphatic rings. The molecule has 0 saturated carbocycles. The number of nitro groups is 1. The minimum atomic E-state index is -0.504. The van der Waals surface area contributed by atoms with Crippen LogP contribution >= 0.6 is 0 Å². The highest BCUT2D eigenvalue weighted by Gasteiger charge is 2.15. The van der Waals surface area contributed by atoms with Gasteiger partial charge in [0.15, 0.2) is 0 Å². The molecule has 0 radical (unpaired) electrons. The van der Waals surface area contributed by atoms with Gasteiger partial charge >= 0.3 is 0 Å². The van der Waals surface area contributed by atoms with Crippen molar-refractivity contribution in [2.24, 2.45) is 5.10 Å². The number of benzene rings is 2. The Bertz CT molecular complexity index is 1130. The number of nitrogens with one attached hydrogen (secondary N) is 1. The van der Waals surface area contributed by atoms with Crippen molar-refractivity contribution in [1.82, 2.24) is 9.99 Å². The number of hydrogen-bond donors (Lipinski definition) is 1. The smallest absolute Gasteiger partial charge is 0.273 e. The van der Waals surface area contributed by atoms with Gasteiger partial charge in [-0.25, -0.2) is 5.43 Å². The van der Waals surface area contributed by atoms with Crippen molar-refractivity contribution in [3.63, 3.8) is 0 Å². The van der Waals surface area contributed by atoms with Crippen molar-refractivity contribution >= 4 is 17.8 Å². The Morgan fingerprint density at radius 2 is 1.79 bits per heavy atom. The molecule has 0 aliphatic heterocycles. The van der Waals surface area contributed by atoms with Gasteiger partial charge in [-0.2, -0.15) is 5.10 Å². The molecule has 148 valence electrons. The number of nitro benzene ring substituents is 1. The molecule has 0 unspecified atom stereocenters. The van der Waals surface area contributed by atoms with E-state index in [9.17, 15) is 14.9 Å². The minimum absolute atomic E-state index is 0.0941. The topological polar surface area (TPSA) is 89.5 Å². The fourth-order valence-electron chi connectivity index (χ4n) is 3.28. The summed E-state index contributed by atoms with van der Waals surface area (Å²) in [7, 11) is 0. The van der Waals surface area contributed by atoms with Gasteiger partial charge in [0.25, 0.3) is 11.6 Å². The number of amides is 1. The molecule has 0 spiro atoms. The number of rotatable bonds is 5. The summed E-state index contributed by atoms with van der Waals surface area (Å²) in [6.45, 7) is 7.69. The van der Waals surface area contributed by atoms with Gasteiger partial charge in [0.1, 0.15) is 0 Å². The molecule has 0 aliphatic carbocycles. The maximum atomic E-state index is 12.3. The molecule has 1 N–H and O–H groups in total. The van der Waals surface area contributed by atoms with Crippen LogP contribution in [0.2, 0.25) is 0 Å². The van der Waals surface area contributed by atoms with Crippen LogP contribution in [0.15, 0.2) is 53.6 Å². The number of carbonyl (C=O) groups excluding carboxylic acids is 1. The minimum Gasteiger partial charge on any atom is -0.318 e. The van der Waals surface area contributed by atoms with Crippen molar-refractivity contribution in [2.75, 3.05) is 0 Å². The van der Waals surface area contributed by atoms with Crippen LogP contribution in [-0.2, 0) is 0 Å². The highest BCUT2D eigenvalue weighted by molar-refractivity contribution is 5.95. The SMILES string of the molecule is Cc1ccccc1-n1c(C)cc(/C=N\NC(=O)c2ccc(C)c([N+](=O)[O-])c2)c1C. The van der Waals surface area contributed by atoms with E-state index in [4.69, 9.17) is 0 Å². The van der Waals surface area contributed by atoms with Gasteiger partial charge in [-0.05, 0) is 51.5 Å². The fourth-order valence-corrected chi connectivity index (χ4v) is 3.28. The monoisotopic (exact) mass is 390 g/mol. The van der Waals surface area contributed by atoms with E-state index in [2.05, 4.69) is 34.2 Å². The predicted molar refractivity (Wildman–Crippen MR) is 113 cm³/mol. The van der Waals surface area contributed by atoms with Crippen molar-refractivity contribution in [1.29, 1.82) is 0 Å². The van der Waals surface area contributed by atoms with Gasteiger partial charge in [0.2, 0.25) is 0 Å². The van der Waals surface area contributed by atoms with E-state index in [0.717, 1.165) is 28.2 Å². The van der Waals surface area contributed by atoms with Gasteiger partial charge in [0, 0.05) is 39.8 Å². The quantitative estimate of drug-likeness (QED) is 0.398. The second-order valence-electron chi connectivity index (χ2n) is 6.91. The maximum absolute atomic E-state index is 12.3. The van der Waals surface area contributed by atoms with Gasteiger partial charge in [-0.15, -0.1) is 0 Å². The van der Waals surface area contributed by atoms with Crippen LogP contribution in [0.25, 0.3) is 5.69 Å².